The van der Waals surface area contributed by atoms with Crippen molar-refractivity contribution in [3.05, 3.63) is 0 Å². The fourth-order valence-electron chi connectivity index (χ4n) is 0. The summed E-state index contributed by atoms with van der Waals surface area (Å²) in [5, 5.41) is 0. The quantitative estimate of drug-likeness (QED) is 0.143. The van der Waals surface area contributed by atoms with Crippen LogP contribution in [0, 0.1) is 0 Å². The summed E-state index contributed by atoms with van der Waals surface area (Å²) in [6, 6.07) is 0. The third-order valence-corrected chi connectivity index (χ3v) is 0.204. The van der Waals surface area contributed by atoms with Gasteiger partial charge in [-0.25, -0.2) is 9.13 Å². The topological polar surface area (TPSA) is 168 Å². The molecule has 0 atom stereocenters. The Morgan fingerprint density at radius 1 is 0.857 bits per heavy atom. The van der Waals surface area contributed by atoms with Gasteiger partial charge in [-0.3, -0.25) is 0 Å². The third kappa shape index (κ3) is 411. The Morgan fingerprint density at radius 2 is 0.929 bits per heavy atom. The number of rotatable bonds is 0. The van der Waals surface area contributed by atoms with E-state index in [1.54, 1.807) is 0 Å². The summed E-state index contributed by atoms with van der Waals surface area (Å²) < 4.78 is 22.3. The molecule has 0 saturated carbocycles. The zero-order valence-corrected chi connectivity index (χ0v) is 11.0. The van der Waals surface area contributed by atoms with Crippen LogP contribution in [0.4, 0.5) is 0 Å². The number of phosphoric acid groups is 2. The molecule has 1 fully saturated rings. The van der Waals surface area contributed by atoms with E-state index in [1.807, 2.05) is 0 Å². The molecule has 0 bridgehead atoms. The van der Waals surface area contributed by atoms with E-state index >= 15 is 0 Å². The van der Waals surface area contributed by atoms with Crippen LogP contribution < -0.4 is 29.6 Å². The molecule has 9 nitrogen and oxygen atoms in total. The van der Waals surface area contributed by atoms with Gasteiger partial charge in [0.05, 0.1) is 13.2 Å². The largest absolute Gasteiger partial charge is 1.00 e. The molecule has 6 N–H and O–H groups in total. The van der Waals surface area contributed by atoms with E-state index in [-0.39, 0.29) is 31.0 Å². The standard InChI is InChI=1S/C2H4O.Na.2H3O4P.H/c1-2-3-1;;2*1-5(2,3)4;/h1-2H2;;2*(H3,1,2,3,4);/q;+1;;;-1. The van der Waals surface area contributed by atoms with E-state index in [4.69, 9.17) is 38.5 Å². The van der Waals surface area contributed by atoms with Gasteiger partial charge in [0.25, 0.3) is 0 Å². The summed E-state index contributed by atoms with van der Waals surface area (Å²) in [7, 11) is -9.28. The van der Waals surface area contributed by atoms with E-state index in [9.17, 15) is 0 Å². The Balaban J connectivity index is -0.0000000577. The molecule has 12 heteroatoms. The molecule has 1 saturated heterocycles. The molecule has 1 rings (SSSR count). The SMILES string of the molecule is C1CO1.O=P(O)(O)O.O=P(O)(O)O.[H-].[Na+]. The average Bonchev–Trinajstić information content (AvgIpc) is 2.26. The first-order chi connectivity index (χ1) is 5.50. The molecule has 0 amide bonds. The van der Waals surface area contributed by atoms with Crippen molar-refractivity contribution in [1.82, 2.24) is 0 Å². The van der Waals surface area contributed by atoms with Crippen molar-refractivity contribution in [1.29, 1.82) is 0 Å². The maximum absolute atomic E-state index is 8.88. The normalized spacial score (nSPS) is 13.6. The summed E-state index contributed by atoms with van der Waals surface area (Å²) in [5.41, 5.74) is 0. The van der Waals surface area contributed by atoms with E-state index in [2.05, 4.69) is 4.74 Å². The smallest absolute Gasteiger partial charge is 1.00 e. The summed E-state index contributed by atoms with van der Waals surface area (Å²) in [6.45, 7) is 2.00. The summed E-state index contributed by atoms with van der Waals surface area (Å²) in [4.78, 5) is 43.1. The average molecular weight is 264 g/mol. The van der Waals surface area contributed by atoms with Crippen molar-refractivity contribution in [2.24, 2.45) is 0 Å². The molecule has 0 aromatic carbocycles. The molecule has 0 aromatic rings. The van der Waals surface area contributed by atoms with Gasteiger partial charge in [0.15, 0.2) is 0 Å². The Kier molecular flexibility index (Phi) is 13.8. The zero-order chi connectivity index (χ0) is 11.1. The number of epoxide rings is 1. The molecule has 0 aliphatic carbocycles. The van der Waals surface area contributed by atoms with Crippen LogP contribution in [-0.4, -0.2) is 42.6 Å². The predicted molar refractivity (Wildman–Crippen MR) is 40.5 cm³/mol. The van der Waals surface area contributed by atoms with Gasteiger partial charge in [0.2, 0.25) is 0 Å². The van der Waals surface area contributed by atoms with Crippen molar-refractivity contribution in [2.75, 3.05) is 13.2 Å². The summed E-state index contributed by atoms with van der Waals surface area (Å²) in [6.07, 6.45) is 0. The summed E-state index contributed by atoms with van der Waals surface area (Å²) in [5.74, 6) is 0. The molecule has 84 valence electrons. The van der Waals surface area contributed by atoms with Crippen LogP contribution in [0.2, 0.25) is 0 Å². The maximum atomic E-state index is 8.88. The number of hydrogen-bond acceptors (Lipinski definition) is 3. The van der Waals surface area contributed by atoms with Crippen LogP contribution in [0.1, 0.15) is 1.43 Å². The van der Waals surface area contributed by atoms with E-state index in [0.29, 0.717) is 0 Å². The van der Waals surface area contributed by atoms with Crippen molar-refractivity contribution >= 4 is 15.6 Å². The second-order valence-corrected chi connectivity index (χ2v) is 3.69. The molecular formula is C2H11NaO9P2. The Bertz CT molecular complexity index is 169. The zero-order valence-electron chi connectivity index (χ0n) is 8.22. The fraction of sp³-hybridized carbons (Fsp3) is 1.00. The molecule has 0 spiro atoms. The van der Waals surface area contributed by atoms with Crippen LogP contribution in [0.5, 0.6) is 0 Å². The Morgan fingerprint density at radius 3 is 0.929 bits per heavy atom. The molecule has 0 aromatic heterocycles. The van der Waals surface area contributed by atoms with Crippen LogP contribution >= 0.6 is 15.6 Å². The van der Waals surface area contributed by atoms with E-state index in [1.165, 1.54) is 0 Å². The van der Waals surface area contributed by atoms with Crippen molar-refractivity contribution in [2.45, 2.75) is 0 Å². The van der Waals surface area contributed by atoms with Crippen LogP contribution in [0.15, 0.2) is 0 Å². The van der Waals surface area contributed by atoms with Gasteiger partial charge >= 0.3 is 45.2 Å². The molecule has 1 aliphatic heterocycles. The fourth-order valence-corrected chi connectivity index (χ4v) is 0. The predicted octanol–water partition coefficient (Wildman–Crippen LogP) is -4.72. The van der Waals surface area contributed by atoms with Gasteiger partial charge < -0.3 is 35.5 Å². The van der Waals surface area contributed by atoms with Crippen LogP contribution in [-0.2, 0) is 13.9 Å². The third-order valence-electron chi connectivity index (χ3n) is 0.204. The molecule has 14 heavy (non-hydrogen) atoms. The second kappa shape index (κ2) is 9.41. The Hall–Kier alpha value is 1.18. The minimum atomic E-state index is -4.64. The molecule has 1 aliphatic rings. The van der Waals surface area contributed by atoms with E-state index < -0.39 is 15.6 Å². The molecule has 0 radical (unpaired) electrons. The van der Waals surface area contributed by atoms with Crippen molar-refractivity contribution < 1.29 is 74.2 Å². The minimum Gasteiger partial charge on any atom is -1.00 e. The first-order valence-corrected chi connectivity index (χ1v) is 5.77. The summed E-state index contributed by atoms with van der Waals surface area (Å²) >= 11 is 0. The Labute approximate surface area is 103 Å². The van der Waals surface area contributed by atoms with Crippen molar-refractivity contribution in [3.63, 3.8) is 0 Å². The molecule has 0 unspecified atom stereocenters. The monoisotopic (exact) mass is 264 g/mol. The maximum Gasteiger partial charge on any atom is 1.00 e. The first kappa shape index (κ1) is 20.6. The minimum absolute atomic E-state index is 0. The number of ether oxygens (including phenoxy) is 1. The molecular weight excluding hydrogens is 253 g/mol. The van der Waals surface area contributed by atoms with Crippen LogP contribution in [0.3, 0.4) is 0 Å². The van der Waals surface area contributed by atoms with Gasteiger partial charge in [-0.15, -0.1) is 0 Å². The number of hydrogen-bond donors (Lipinski definition) is 6. The molecule has 1 heterocycles. The van der Waals surface area contributed by atoms with Gasteiger partial charge in [0.1, 0.15) is 0 Å². The first-order valence-electron chi connectivity index (χ1n) is 2.64. The van der Waals surface area contributed by atoms with Crippen molar-refractivity contribution in [3.8, 4) is 0 Å². The van der Waals surface area contributed by atoms with Gasteiger partial charge in [-0.05, 0) is 0 Å². The van der Waals surface area contributed by atoms with Gasteiger partial charge in [-0.2, -0.15) is 0 Å². The van der Waals surface area contributed by atoms with Gasteiger partial charge in [0, 0.05) is 0 Å². The van der Waals surface area contributed by atoms with Gasteiger partial charge in [-0.1, -0.05) is 0 Å². The van der Waals surface area contributed by atoms with E-state index in [0.717, 1.165) is 13.2 Å². The second-order valence-electron chi connectivity index (χ2n) is 1.64. The van der Waals surface area contributed by atoms with Crippen LogP contribution in [0.25, 0.3) is 0 Å².